The molecule has 0 spiro atoms. The summed E-state index contributed by atoms with van der Waals surface area (Å²) in [6.45, 7) is 5.58. The second-order valence-electron chi connectivity index (χ2n) is 7.13. The maximum absolute atomic E-state index is 12.2. The van der Waals surface area contributed by atoms with Crippen LogP contribution in [-0.4, -0.2) is 31.5 Å². The van der Waals surface area contributed by atoms with Gasteiger partial charge in [0, 0.05) is 10.6 Å². The molecule has 0 atom stereocenters. The van der Waals surface area contributed by atoms with Gasteiger partial charge >= 0.3 is 5.97 Å². The van der Waals surface area contributed by atoms with Crippen LogP contribution < -0.4 is 10.1 Å². The van der Waals surface area contributed by atoms with E-state index in [4.69, 9.17) is 21.1 Å². The minimum Gasteiger partial charge on any atom is -0.496 e. The van der Waals surface area contributed by atoms with Crippen LogP contribution in [0, 0.1) is 0 Å². The minimum atomic E-state index is -0.781. The van der Waals surface area contributed by atoms with E-state index in [0.717, 1.165) is 5.56 Å². The molecule has 0 aromatic heterocycles. The van der Waals surface area contributed by atoms with E-state index in [0.29, 0.717) is 10.6 Å². The zero-order valence-electron chi connectivity index (χ0n) is 16.2. The van der Waals surface area contributed by atoms with Crippen LogP contribution in [0.4, 0.5) is 0 Å². The van der Waals surface area contributed by atoms with Crippen LogP contribution in [0.2, 0.25) is 5.02 Å². The molecule has 7 heteroatoms. The zero-order chi connectivity index (χ0) is 20.9. The molecule has 0 aliphatic rings. The Morgan fingerprint density at radius 3 is 2.25 bits per heavy atom. The van der Waals surface area contributed by atoms with Crippen molar-refractivity contribution in [3.63, 3.8) is 0 Å². The predicted molar refractivity (Wildman–Crippen MR) is 106 cm³/mol. The second kappa shape index (κ2) is 8.89. The summed E-state index contributed by atoms with van der Waals surface area (Å²) in [4.78, 5) is 36.3. The summed E-state index contributed by atoms with van der Waals surface area (Å²) in [6.07, 6.45) is 0. The summed E-state index contributed by atoms with van der Waals surface area (Å²) >= 11 is 5.87. The largest absolute Gasteiger partial charge is 0.496 e. The fourth-order valence-corrected chi connectivity index (χ4v) is 2.58. The molecule has 2 aromatic carbocycles. The molecule has 0 aliphatic carbocycles. The first kappa shape index (κ1) is 21.4. The highest BCUT2D eigenvalue weighted by Crippen LogP contribution is 2.23. The number of imide groups is 1. The number of benzene rings is 2. The molecule has 0 fully saturated rings. The Balaban J connectivity index is 1.94. The topological polar surface area (TPSA) is 81.7 Å². The van der Waals surface area contributed by atoms with Gasteiger partial charge < -0.3 is 9.47 Å². The molecule has 2 aromatic rings. The monoisotopic (exact) mass is 403 g/mol. The molecule has 148 valence electrons. The van der Waals surface area contributed by atoms with Crippen molar-refractivity contribution in [2.75, 3.05) is 13.7 Å². The second-order valence-corrected chi connectivity index (χ2v) is 7.56. The van der Waals surface area contributed by atoms with E-state index in [-0.39, 0.29) is 16.7 Å². The summed E-state index contributed by atoms with van der Waals surface area (Å²) in [5.41, 5.74) is 1.45. The number of esters is 1. The average molecular weight is 404 g/mol. The molecular formula is C21H22ClNO5. The van der Waals surface area contributed by atoms with Crippen molar-refractivity contribution >= 4 is 29.4 Å². The Morgan fingerprint density at radius 2 is 1.68 bits per heavy atom. The van der Waals surface area contributed by atoms with E-state index in [2.05, 4.69) is 26.1 Å². The van der Waals surface area contributed by atoms with Crippen LogP contribution >= 0.6 is 11.6 Å². The van der Waals surface area contributed by atoms with Crippen molar-refractivity contribution in [3.05, 3.63) is 64.2 Å². The van der Waals surface area contributed by atoms with Gasteiger partial charge in [0.25, 0.3) is 11.8 Å². The normalized spacial score (nSPS) is 10.9. The molecular weight excluding hydrogens is 382 g/mol. The summed E-state index contributed by atoms with van der Waals surface area (Å²) < 4.78 is 10.0. The molecule has 0 heterocycles. The number of carbonyl (C=O) groups is 3. The fraction of sp³-hybridized carbons (Fsp3) is 0.286. The lowest BCUT2D eigenvalue weighted by Gasteiger charge is -2.19. The number of nitrogens with one attached hydrogen (secondary N) is 1. The van der Waals surface area contributed by atoms with Gasteiger partial charge in [0.2, 0.25) is 0 Å². The van der Waals surface area contributed by atoms with E-state index in [1.54, 1.807) is 18.2 Å². The van der Waals surface area contributed by atoms with Gasteiger partial charge in [-0.15, -0.1) is 0 Å². The maximum atomic E-state index is 12.2. The number of hydrogen-bond acceptors (Lipinski definition) is 5. The quantitative estimate of drug-likeness (QED) is 0.768. The first-order valence-electron chi connectivity index (χ1n) is 8.57. The van der Waals surface area contributed by atoms with Crippen molar-refractivity contribution in [2.45, 2.75) is 26.2 Å². The highest BCUT2D eigenvalue weighted by Gasteiger charge is 2.18. The van der Waals surface area contributed by atoms with Crippen molar-refractivity contribution in [1.82, 2.24) is 5.32 Å². The van der Waals surface area contributed by atoms with Gasteiger partial charge in [-0.25, -0.2) is 4.79 Å². The Labute approximate surface area is 168 Å². The third kappa shape index (κ3) is 5.57. The smallest absolute Gasteiger partial charge is 0.342 e. The van der Waals surface area contributed by atoms with Gasteiger partial charge in [0.05, 0.1) is 7.11 Å². The van der Waals surface area contributed by atoms with Crippen molar-refractivity contribution in [1.29, 1.82) is 0 Å². The summed E-state index contributed by atoms with van der Waals surface area (Å²) in [5.74, 6) is -1.82. The zero-order valence-corrected chi connectivity index (χ0v) is 16.9. The standard InChI is InChI=1S/C21H22ClNO5/c1-21(2,3)14-7-5-13(6-8-14)19(25)23-18(24)12-28-20(26)16-11-15(22)9-10-17(16)27-4/h5-11H,12H2,1-4H3,(H,23,24,25). The third-order valence-corrected chi connectivity index (χ3v) is 4.22. The predicted octanol–water partition coefficient (Wildman–Crippen LogP) is 3.76. The van der Waals surface area contributed by atoms with Crippen LogP contribution in [0.15, 0.2) is 42.5 Å². The lowest BCUT2D eigenvalue weighted by Crippen LogP contribution is -2.34. The van der Waals surface area contributed by atoms with E-state index >= 15 is 0 Å². The van der Waals surface area contributed by atoms with E-state index < -0.39 is 24.4 Å². The summed E-state index contributed by atoms with van der Waals surface area (Å²) in [6, 6.07) is 11.4. The SMILES string of the molecule is COc1ccc(Cl)cc1C(=O)OCC(=O)NC(=O)c1ccc(C(C)(C)C)cc1. The minimum absolute atomic E-state index is 0.0413. The van der Waals surface area contributed by atoms with E-state index in [9.17, 15) is 14.4 Å². The molecule has 0 radical (unpaired) electrons. The molecule has 2 rings (SSSR count). The third-order valence-electron chi connectivity index (χ3n) is 3.98. The van der Waals surface area contributed by atoms with Crippen LogP contribution in [0.1, 0.15) is 47.1 Å². The molecule has 2 amide bonds. The maximum Gasteiger partial charge on any atom is 0.342 e. The van der Waals surface area contributed by atoms with Crippen LogP contribution in [0.5, 0.6) is 5.75 Å². The molecule has 0 aliphatic heterocycles. The molecule has 6 nitrogen and oxygen atoms in total. The molecule has 28 heavy (non-hydrogen) atoms. The van der Waals surface area contributed by atoms with Crippen molar-refractivity contribution in [2.24, 2.45) is 0 Å². The Hall–Kier alpha value is -2.86. The van der Waals surface area contributed by atoms with Gasteiger partial charge in [-0.05, 0) is 41.3 Å². The molecule has 0 bridgehead atoms. The number of rotatable bonds is 5. The van der Waals surface area contributed by atoms with Crippen molar-refractivity contribution in [3.8, 4) is 5.75 Å². The fourth-order valence-electron chi connectivity index (χ4n) is 2.41. The van der Waals surface area contributed by atoms with Crippen LogP contribution in [0.25, 0.3) is 0 Å². The number of halogens is 1. The van der Waals surface area contributed by atoms with E-state index in [1.807, 2.05) is 12.1 Å². The number of hydrogen-bond donors (Lipinski definition) is 1. The number of amides is 2. The Morgan fingerprint density at radius 1 is 1.04 bits per heavy atom. The number of ether oxygens (including phenoxy) is 2. The summed E-state index contributed by atoms with van der Waals surface area (Å²) in [5, 5.41) is 2.51. The Kier molecular flexibility index (Phi) is 6.80. The van der Waals surface area contributed by atoms with E-state index in [1.165, 1.54) is 19.2 Å². The van der Waals surface area contributed by atoms with Crippen LogP contribution in [0.3, 0.4) is 0 Å². The lowest BCUT2D eigenvalue weighted by molar-refractivity contribution is -0.123. The molecule has 0 saturated heterocycles. The number of methoxy groups -OCH3 is 1. The van der Waals surface area contributed by atoms with Gasteiger partial charge in [0.1, 0.15) is 11.3 Å². The van der Waals surface area contributed by atoms with Crippen molar-refractivity contribution < 1.29 is 23.9 Å². The summed E-state index contributed by atoms with van der Waals surface area (Å²) in [7, 11) is 1.40. The molecule has 0 unspecified atom stereocenters. The highest BCUT2D eigenvalue weighted by molar-refractivity contribution is 6.31. The molecule has 1 N–H and O–H groups in total. The Bertz CT molecular complexity index is 885. The first-order valence-corrected chi connectivity index (χ1v) is 8.95. The highest BCUT2D eigenvalue weighted by atomic mass is 35.5. The average Bonchev–Trinajstić information content (AvgIpc) is 2.65. The number of carbonyl (C=O) groups excluding carboxylic acids is 3. The van der Waals surface area contributed by atoms with Gasteiger partial charge in [-0.1, -0.05) is 44.5 Å². The van der Waals surface area contributed by atoms with Gasteiger partial charge in [-0.3, -0.25) is 14.9 Å². The first-order chi connectivity index (χ1) is 13.1. The molecule has 0 saturated carbocycles. The van der Waals surface area contributed by atoms with Crippen LogP contribution in [-0.2, 0) is 14.9 Å². The lowest BCUT2D eigenvalue weighted by atomic mass is 9.87. The van der Waals surface area contributed by atoms with Gasteiger partial charge in [-0.2, -0.15) is 0 Å². The van der Waals surface area contributed by atoms with Gasteiger partial charge in [0.15, 0.2) is 6.61 Å².